The number of aliphatic hydroxyl groups excluding tert-OH is 1. The topological polar surface area (TPSA) is 79.3 Å². The SMILES string of the molecule is CCCCCOc1cccc(C2/C(=C(\O)c3ccc(OCC)cc3)C(=O)C(=O)N2CCCN(C)C)c1. The highest BCUT2D eigenvalue weighted by atomic mass is 16.5. The molecule has 0 aliphatic carbocycles. The van der Waals surface area contributed by atoms with Gasteiger partial charge in [-0.3, -0.25) is 9.59 Å². The molecule has 7 nitrogen and oxygen atoms in total. The van der Waals surface area contributed by atoms with Crippen molar-refractivity contribution in [1.82, 2.24) is 9.80 Å². The van der Waals surface area contributed by atoms with Crippen molar-refractivity contribution in [2.24, 2.45) is 0 Å². The van der Waals surface area contributed by atoms with Crippen LogP contribution in [-0.2, 0) is 9.59 Å². The van der Waals surface area contributed by atoms with Gasteiger partial charge in [0, 0.05) is 12.1 Å². The Morgan fingerprint density at radius 3 is 2.39 bits per heavy atom. The maximum absolute atomic E-state index is 13.2. The van der Waals surface area contributed by atoms with E-state index in [0.717, 1.165) is 31.4 Å². The zero-order chi connectivity index (χ0) is 26.1. The van der Waals surface area contributed by atoms with Crippen molar-refractivity contribution in [3.63, 3.8) is 0 Å². The number of ketones is 1. The zero-order valence-electron chi connectivity index (χ0n) is 21.8. The average molecular weight is 495 g/mol. The number of likely N-dealkylation sites (tertiary alicyclic amines) is 1. The summed E-state index contributed by atoms with van der Waals surface area (Å²) in [5.74, 6) is -0.108. The van der Waals surface area contributed by atoms with Crippen LogP contribution >= 0.6 is 0 Å². The van der Waals surface area contributed by atoms with Crippen molar-refractivity contribution < 1.29 is 24.2 Å². The Kier molecular flexibility index (Phi) is 9.94. The summed E-state index contributed by atoms with van der Waals surface area (Å²) in [4.78, 5) is 30.0. The van der Waals surface area contributed by atoms with Gasteiger partial charge < -0.3 is 24.4 Å². The van der Waals surface area contributed by atoms with Gasteiger partial charge in [0.2, 0.25) is 0 Å². The summed E-state index contributed by atoms with van der Waals surface area (Å²) < 4.78 is 11.4. The van der Waals surface area contributed by atoms with Crippen LogP contribution in [0.4, 0.5) is 0 Å². The molecule has 36 heavy (non-hydrogen) atoms. The normalized spacial score (nSPS) is 17.1. The third kappa shape index (κ3) is 6.66. The van der Waals surface area contributed by atoms with Crippen molar-refractivity contribution in [2.45, 2.75) is 45.6 Å². The lowest BCUT2D eigenvalue weighted by Crippen LogP contribution is -2.32. The first-order chi connectivity index (χ1) is 17.4. The van der Waals surface area contributed by atoms with E-state index < -0.39 is 17.7 Å². The molecule has 1 aliphatic rings. The van der Waals surface area contributed by atoms with Crippen LogP contribution in [0.25, 0.3) is 5.76 Å². The van der Waals surface area contributed by atoms with Crippen LogP contribution in [0.2, 0.25) is 0 Å². The molecule has 7 heteroatoms. The van der Waals surface area contributed by atoms with Gasteiger partial charge in [0.1, 0.15) is 17.3 Å². The van der Waals surface area contributed by atoms with Gasteiger partial charge in [-0.1, -0.05) is 31.9 Å². The number of hydrogen-bond acceptors (Lipinski definition) is 6. The van der Waals surface area contributed by atoms with Crippen molar-refractivity contribution in [3.05, 3.63) is 65.2 Å². The average Bonchev–Trinajstić information content (AvgIpc) is 3.12. The lowest BCUT2D eigenvalue weighted by Gasteiger charge is -2.26. The van der Waals surface area contributed by atoms with Crippen molar-refractivity contribution in [3.8, 4) is 11.5 Å². The van der Waals surface area contributed by atoms with Gasteiger partial charge in [-0.25, -0.2) is 0 Å². The Balaban J connectivity index is 2.00. The van der Waals surface area contributed by atoms with Gasteiger partial charge >= 0.3 is 0 Å². The lowest BCUT2D eigenvalue weighted by atomic mass is 9.95. The number of benzene rings is 2. The van der Waals surface area contributed by atoms with E-state index >= 15 is 0 Å². The summed E-state index contributed by atoms with van der Waals surface area (Å²) in [7, 11) is 3.94. The molecule has 0 spiro atoms. The highest BCUT2D eigenvalue weighted by molar-refractivity contribution is 6.46. The molecular weight excluding hydrogens is 456 g/mol. The highest BCUT2D eigenvalue weighted by Gasteiger charge is 2.45. The maximum Gasteiger partial charge on any atom is 0.295 e. The number of Topliss-reactive ketones (excluding diaryl/α,β-unsaturated/α-hetero) is 1. The first kappa shape index (κ1) is 27.3. The largest absolute Gasteiger partial charge is 0.507 e. The molecule has 1 fully saturated rings. The van der Waals surface area contributed by atoms with E-state index in [0.29, 0.717) is 43.2 Å². The number of amides is 1. The molecule has 1 amide bonds. The predicted molar refractivity (Wildman–Crippen MR) is 141 cm³/mol. The minimum Gasteiger partial charge on any atom is -0.507 e. The lowest BCUT2D eigenvalue weighted by molar-refractivity contribution is -0.139. The Hall–Kier alpha value is -3.32. The van der Waals surface area contributed by atoms with E-state index in [4.69, 9.17) is 9.47 Å². The molecule has 1 saturated heterocycles. The van der Waals surface area contributed by atoms with E-state index in [1.165, 1.54) is 0 Å². The second-order valence-electron chi connectivity index (χ2n) is 9.23. The highest BCUT2D eigenvalue weighted by Crippen LogP contribution is 2.40. The number of aliphatic hydroxyl groups is 1. The molecule has 1 atom stereocenters. The number of carbonyl (C=O) groups excluding carboxylic acids is 2. The first-order valence-electron chi connectivity index (χ1n) is 12.8. The molecule has 1 aliphatic heterocycles. The summed E-state index contributed by atoms with van der Waals surface area (Å²) in [6.45, 7) is 6.34. The van der Waals surface area contributed by atoms with Gasteiger partial charge in [-0.15, -0.1) is 0 Å². The Bertz CT molecular complexity index is 1060. The first-order valence-corrected chi connectivity index (χ1v) is 12.8. The molecule has 1 heterocycles. The molecule has 3 rings (SSSR count). The van der Waals surface area contributed by atoms with E-state index in [2.05, 4.69) is 6.92 Å². The molecule has 1 N–H and O–H groups in total. The van der Waals surface area contributed by atoms with Crippen LogP contribution in [0.15, 0.2) is 54.1 Å². The van der Waals surface area contributed by atoms with Crippen molar-refractivity contribution in [2.75, 3.05) is 40.4 Å². The molecule has 0 radical (unpaired) electrons. The summed E-state index contributed by atoms with van der Waals surface area (Å²) in [6, 6.07) is 13.7. The Morgan fingerprint density at radius 1 is 0.972 bits per heavy atom. The van der Waals surface area contributed by atoms with Crippen LogP contribution < -0.4 is 9.47 Å². The molecule has 2 aromatic carbocycles. The van der Waals surface area contributed by atoms with Gasteiger partial charge in [0.25, 0.3) is 11.7 Å². The second kappa shape index (κ2) is 13.1. The minimum atomic E-state index is -0.696. The van der Waals surface area contributed by atoms with Gasteiger partial charge in [0.15, 0.2) is 0 Å². The van der Waals surface area contributed by atoms with Crippen LogP contribution in [0.1, 0.15) is 56.7 Å². The third-order valence-corrected chi connectivity index (χ3v) is 6.17. The van der Waals surface area contributed by atoms with Crippen molar-refractivity contribution >= 4 is 17.4 Å². The molecule has 2 aromatic rings. The summed E-state index contributed by atoms with van der Waals surface area (Å²) >= 11 is 0. The Labute approximate surface area is 214 Å². The Morgan fingerprint density at radius 2 is 1.72 bits per heavy atom. The molecular formula is C29H38N2O5. The molecule has 0 saturated carbocycles. The summed E-state index contributed by atoms with van der Waals surface area (Å²) in [5.41, 5.74) is 1.29. The number of carbonyl (C=O) groups is 2. The number of hydrogen-bond donors (Lipinski definition) is 1. The molecule has 0 aromatic heterocycles. The van der Waals surface area contributed by atoms with E-state index in [1.807, 2.05) is 50.2 Å². The van der Waals surface area contributed by atoms with Gasteiger partial charge in [0.05, 0.1) is 24.8 Å². The number of rotatable bonds is 13. The fourth-order valence-corrected chi connectivity index (χ4v) is 4.36. The monoisotopic (exact) mass is 494 g/mol. The van der Waals surface area contributed by atoms with Gasteiger partial charge in [-0.2, -0.15) is 0 Å². The van der Waals surface area contributed by atoms with Gasteiger partial charge in [-0.05, 0) is 82.4 Å². The number of unbranched alkanes of at least 4 members (excludes halogenated alkanes) is 2. The fraction of sp³-hybridized carbons (Fsp3) is 0.448. The van der Waals surface area contributed by atoms with Crippen LogP contribution in [0, 0.1) is 0 Å². The summed E-state index contributed by atoms with van der Waals surface area (Å²) in [6.07, 6.45) is 3.86. The van der Waals surface area contributed by atoms with Crippen LogP contribution in [-0.4, -0.2) is 67.0 Å². The molecule has 1 unspecified atom stereocenters. The maximum atomic E-state index is 13.2. The van der Waals surface area contributed by atoms with E-state index in [1.54, 1.807) is 29.2 Å². The number of ether oxygens (including phenoxy) is 2. The zero-order valence-corrected chi connectivity index (χ0v) is 21.8. The predicted octanol–water partition coefficient (Wildman–Crippen LogP) is 5.03. The van der Waals surface area contributed by atoms with Crippen molar-refractivity contribution in [1.29, 1.82) is 0 Å². The minimum absolute atomic E-state index is 0.0946. The molecule has 0 bridgehead atoms. The molecule has 194 valence electrons. The third-order valence-electron chi connectivity index (χ3n) is 6.17. The van der Waals surface area contributed by atoms with Crippen LogP contribution in [0.5, 0.6) is 11.5 Å². The second-order valence-corrected chi connectivity index (χ2v) is 9.23. The quantitative estimate of drug-likeness (QED) is 0.182. The fourth-order valence-electron chi connectivity index (χ4n) is 4.36. The van der Waals surface area contributed by atoms with E-state index in [-0.39, 0.29) is 11.3 Å². The van der Waals surface area contributed by atoms with E-state index in [9.17, 15) is 14.7 Å². The standard InChI is InChI=1S/C29H38N2O5/c1-5-7-8-19-36-24-12-9-11-22(20-24)26-25(27(32)21-13-15-23(16-14-21)35-6-2)28(33)29(34)31(26)18-10-17-30(3)4/h9,11-16,20,26,32H,5-8,10,17-19H2,1-4H3/b27-25+. The number of nitrogens with zero attached hydrogens (tertiary/aromatic N) is 2. The smallest absolute Gasteiger partial charge is 0.295 e. The van der Waals surface area contributed by atoms with Crippen LogP contribution in [0.3, 0.4) is 0 Å². The summed E-state index contributed by atoms with van der Waals surface area (Å²) in [5, 5.41) is 11.3.